The van der Waals surface area contributed by atoms with Crippen molar-refractivity contribution in [2.75, 3.05) is 0 Å². The maximum atomic E-state index is 11.2. The SMILES string of the molecule is CCC[CH2][SnH]([CH2]CCC)[C](C)=O. The summed E-state index contributed by atoms with van der Waals surface area (Å²) in [5.74, 6) is 0. The van der Waals surface area contributed by atoms with Gasteiger partial charge in [0.05, 0.1) is 0 Å². The zero-order valence-electron chi connectivity index (χ0n) is 8.73. The van der Waals surface area contributed by atoms with Crippen LogP contribution in [0.5, 0.6) is 0 Å². The third-order valence-corrected chi connectivity index (χ3v) is 12.0. The van der Waals surface area contributed by atoms with Crippen molar-refractivity contribution in [3.05, 3.63) is 0 Å². The Hall–Kier alpha value is 0.469. The zero-order valence-corrected chi connectivity index (χ0v) is 12.0. The Bertz CT molecular complexity index is 115. The van der Waals surface area contributed by atoms with Crippen LogP contribution in [-0.2, 0) is 4.79 Å². The van der Waals surface area contributed by atoms with Crippen LogP contribution in [0.3, 0.4) is 0 Å². The predicted molar refractivity (Wildman–Crippen MR) is 57.3 cm³/mol. The second-order valence-corrected chi connectivity index (χ2v) is 13.2. The summed E-state index contributed by atoms with van der Waals surface area (Å²) in [5.41, 5.74) is 0. The second-order valence-electron chi connectivity index (χ2n) is 3.59. The van der Waals surface area contributed by atoms with Gasteiger partial charge in [0.15, 0.2) is 0 Å². The van der Waals surface area contributed by atoms with Crippen molar-refractivity contribution < 1.29 is 4.79 Å². The van der Waals surface area contributed by atoms with Gasteiger partial charge in [0.2, 0.25) is 0 Å². The second kappa shape index (κ2) is 8.08. The minimum absolute atomic E-state index is 0.596. The first kappa shape index (κ1) is 12.5. The molecule has 0 atom stereocenters. The normalized spacial score (nSPS) is 10.7. The number of rotatable bonds is 7. The molecule has 0 fully saturated rings. The van der Waals surface area contributed by atoms with Gasteiger partial charge in [0.25, 0.3) is 0 Å². The Morgan fingerprint density at radius 3 is 1.75 bits per heavy atom. The monoisotopic (exact) mass is 278 g/mol. The van der Waals surface area contributed by atoms with Crippen molar-refractivity contribution in [3.8, 4) is 0 Å². The third kappa shape index (κ3) is 6.04. The summed E-state index contributed by atoms with van der Waals surface area (Å²) in [5, 5.41) is 0. The van der Waals surface area contributed by atoms with Gasteiger partial charge in [-0.25, -0.2) is 0 Å². The maximum absolute atomic E-state index is 11.2. The van der Waals surface area contributed by atoms with Crippen molar-refractivity contribution in [2.24, 2.45) is 0 Å². The van der Waals surface area contributed by atoms with E-state index in [0.29, 0.717) is 3.80 Å². The Kier molecular flexibility index (Phi) is 8.40. The summed E-state index contributed by atoms with van der Waals surface area (Å²) < 4.78 is 3.22. The molecule has 0 amide bonds. The van der Waals surface area contributed by atoms with E-state index in [9.17, 15) is 4.79 Å². The fourth-order valence-corrected chi connectivity index (χ4v) is 9.74. The van der Waals surface area contributed by atoms with Gasteiger partial charge in [0, 0.05) is 0 Å². The molecule has 0 N–H and O–H groups in total. The molecule has 0 aliphatic heterocycles. The van der Waals surface area contributed by atoms with Crippen LogP contribution >= 0.6 is 0 Å². The van der Waals surface area contributed by atoms with Crippen LogP contribution in [0, 0.1) is 0 Å². The molecule has 2 heteroatoms. The van der Waals surface area contributed by atoms with E-state index in [1.54, 1.807) is 0 Å². The van der Waals surface area contributed by atoms with E-state index in [-0.39, 0.29) is 0 Å². The summed E-state index contributed by atoms with van der Waals surface area (Å²) in [4.78, 5) is 11.2. The van der Waals surface area contributed by atoms with Gasteiger partial charge in [-0.15, -0.1) is 0 Å². The molecule has 0 bridgehead atoms. The Balaban J connectivity index is 3.62. The van der Waals surface area contributed by atoms with Crippen molar-refractivity contribution in [1.82, 2.24) is 0 Å². The quantitative estimate of drug-likeness (QED) is 0.654. The van der Waals surface area contributed by atoms with Crippen molar-refractivity contribution in [2.45, 2.75) is 55.3 Å². The molecule has 0 saturated heterocycles. The topological polar surface area (TPSA) is 17.1 Å². The molecular weight excluding hydrogens is 255 g/mol. The van der Waals surface area contributed by atoms with E-state index >= 15 is 0 Å². The van der Waals surface area contributed by atoms with Gasteiger partial charge in [0.1, 0.15) is 0 Å². The van der Waals surface area contributed by atoms with E-state index in [0.717, 1.165) is 0 Å². The summed E-state index contributed by atoms with van der Waals surface area (Å²) in [6.45, 7) is 6.25. The number of carbonyl (C=O) groups excluding carboxylic acids is 1. The summed E-state index contributed by atoms with van der Waals surface area (Å²) in [6.07, 6.45) is 5.10. The molecule has 0 rings (SSSR count). The molecule has 0 saturated carbocycles. The molecule has 0 aromatic heterocycles. The number of unbranched alkanes of at least 4 members (excludes halogenated alkanes) is 2. The molecule has 72 valence electrons. The van der Waals surface area contributed by atoms with Crippen LogP contribution in [-0.4, -0.2) is 23.6 Å². The van der Waals surface area contributed by atoms with E-state index in [1.807, 2.05) is 6.92 Å². The Labute approximate surface area is 83.7 Å². The molecule has 0 aliphatic rings. The van der Waals surface area contributed by atoms with E-state index < -0.39 is 19.8 Å². The van der Waals surface area contributed by atoms with Crippen molar-refractivity contribution >= 4 is 23.6 Å². The average Bonchev–Trinajstić information content (AvgIpc) is 2.04. The first-order valence-corrected chi connectivity index (χ1v) is 11.5. The molecule has 1 nitrogen and oxygen atoms in total. The van der Waals surface area contributed by atoms with Crippen LogP contribution < -0.4 is 0 Å². The Morgan fingerprint density at radius 1 is 1.08 bits per heavy atom. The summed E-state index contributed by atoms with van der Waals surface area (Å²) in [7, 11) is 0. The summed E-state index contributed by atoms with van der Waals surface area (Å²) >= 11 is -1.66. The van der Waals surface area contributed by atoms with Gasteiger partial charge in [-0.3, -0.25) is 0 Å². The number of hydrogen-bond donors (Lipinski definition) is 0. The third-order valence-electron chi connectivity index (χ3n) is 2.39. The molecule has 0 spiro atoms. The zero-order chi connectivity index (χ0) is 9.40. The molecule has 0 heterocycles. The van der Waals surface area contributed by atoms with Crippen molar-refractivity contribution in [3.63, 3.8) is 0 Å². The molecular formula is C10H22OSn. The van der Waals surface area contributed by atoms with Gasteiger partial charge in [-0.2, -0.15) is 0 Å². The van der Waals surface area contributed by atoms with Gasteiger partial charge < -0.3 is 0 Å². The summed E-state index contributed by atoms with van der Waals surface area (Å²) in [6, 6.07) is 0. The van der Waals surface area contributed by atoms with Crippen LogP contribution in [0.15, 0.2) is 0 Å². The molecule has 0 aliphatic carbocycles. The van der Waals surface area contributed by atoms with Crippen LogP contribution in [0.4, 0.5) is 0 Å². The molecule has 0 unspecified atom stereocenters. The van der Waals surface area contributed by atoms with Crippen molar-refractivity contribution in [1.29, 1.82) is 0 Å². The van der Waals surface area contributed by atoms with Gasteiger partial charge in [-0.1, -0.05) is 0 Å². The predicted octanol–water partition coefficient (Wildman–Crippen LogP) is 2.94. The fourth-order valence-electron chi connectivity index (χ4n) is 1.45. The van der Waals surface area contributed by atoms with E-state index in [4.69, 9.17) is 0 Å². The number of carbonyl (C=O) groups is 1. The molecule has 0 aromatic rings. The standard InChI is InChI=1S/2C4H9.C2H3O.Sn.H/c2*1-3-4-2;1-2-3;;/h2*1,3-4H2,2H3;1H3;;. The first-order valence-electron chi connectivity index (χ1n) is 5.22. The average molecular weight is 277 g/mol. The van der Waals surface area contributed by atoms with Crippen LogP contribution in [0.25, 0.3) is 0 Å². The first-order chi connectivity index (χ1) is 5.72. The molecule has 0 aromatic carbocycles. The van der Waals surface area contributed by atoms with E-state index in [1.165, 1.54) is 34.6 Å². The van der Waals surface area contributed by atoms with Crippen LogP contribution in [0.1, 0.15) is 46.5 Å². The van der Waals surface area contributed by atoms with Gasteiger partial charge >= 0.3 is 83.7 Å². The molecule has 12 heavy (non-hydrogen) atoms. The van der Waals surface area contributed by atoms with Crippen LogP contribution in [0.2, 0.25) is 8.87 Å². The minimum atomic E-state index is -1.66. The van der Waals surface area contributed by atoms with E-state index in [2.05, 4.69) is 13.8 Å². The number of hydrogen-bond acceptors (Lipinski definition) is 1. The molecule has 0 radical (unpaired) electrons. The fraction of sp³-hybridized carbons (Fsp3) is 0.900. The van der Waals surface area contributed by atoms with Gasteiger partial charge in [-0.05, 0) is 0 Å². The Morgan fingerprint density at radius 2 is 1.50 bits per heavy atom.